The molecule has 2 rings (SSSR count). The van der Waals surface area contributed by atoms with Crippen molar-refractivity contribution in [3.05, 3.63) is 35.4 Å². The van der Waals surface area contributed by atoms with Gasteiger partial charge >= 0.3 is 0 Å². The summed E-state index contributed by atoms with van der Waals surface area (Å²) < 4.78 is 25.7. The van der Waals surface area contributed by atoms with Gasteiger partial charge in [-0.2, -0.15) is 0 Å². The standard InChI is InChI=1S/C11H15NO2S/c1-12-15(13,14)11-7-6-9-4-2-3-5-10(9)8-11/h2-5,11-12H,6-8H2,1H3. The minimum absolute atomic E-state index is 0.266. The lowest BCUT2D eigenvalue weighted by Gasteiger charge is -2.23. The summed E-state index contributed by atoms with van der Waals surface area (Å²) >= 11 is 0. The van der Waals surface area contributed by atoms with Crippen molar-refractivity contribution in [2.75, 3.05) is 7.05 Å². The van der Waals surface area contributed by atoms with E-state index in [0.29, 0.717) is 6.42 Å². The van der Waals surface area contributed by atoms with Crippen LogP contribution >= 0.6 is 0 Å². The maximum absolute atomic E-state index is 11.7. The number of rotatable bonds is 2. The molecule has 3 nitrogen and oxygen atoms in total. The van der Waals surface area contributed by atoms with Crippen molar-refractivity contribution in [3.8, 4) is 0 Å². The maximum Gasteiger partial charge on any atom is 0.214 e. The lowest BCUT2D eigenvalue weighted by molar-refractivity contribution is 0.553. The van der Waals surface area contributed by atoms with Gasteiger partial charge in [-0.1, -0.05) is 24.3 Å². The van der Waals surface area contributed by atoms with Crippen LogP contribution in [0.25, 0.3) is 0 Å². The molecule has 0 bridgehead atoms. The molecule has 1 aromatic carbocycles. The van der Waals surface area contributed by atoms with Gasteiger partial charge in [-0.05, 0) is 37.4 Å². The molecule has 0 spiro atoms. The molecular formula is C11H15NO2S. The predicted molar refractivity (Wildman–Crippen MR) is 60.2 cm³/mol. The smallest absolute Gasteiger partial charge is 0.214 e. The normalized spacial score (nSPS) is 21.0. The monoisotopic (exact) mass is 225 g/mol. The van der Waals surface area contributed by atoms with Crippen molar-refractivity contribution in [2.45, 2.75) is 24.5 Å². The Labute approximate surface area is 90.6 Å². The first-order chi connectivity index (χ1) is 7.13. The van der Waals surface area contributed by atoms with Gasteiger partial charge in [0.05, 0.1) is 5.25 Å². The zero-order valence-electron chi connectivity index (χ0n) is 8.73. The van der Waals surface area contributed by atoms with Crippen molar-refractivity contribution in [1.29, 1.82) is 0 Å². The number of hydrogen-bond donors (Lipinski definition) is 1. The summed E-state index contributed by atoms with van der Waals surface area (Å²) in [6, 6.07) is 8.07. The molecule has 82 valence electrons. The SMILES string of the molecule is CNS(=O)(=O)C1CCc2ccccc2C1. The average molecular weight is 225 g/mol. The van der Waals surface area contributed by atoms with E-state index in [4.69, 9.17) is 0 Å². The number of hydrogen-bond acceptors (Lipinski definition) is 2. The molecule has 0 amide bonds. The van der Waals surface area contributed by atoms with Crippen LogP contribution < -0.4 is 4.72 Å². The molecule has 1 N–H and O–H groups in total. The number of fused-ring (bicyclic) bond motifs is 1. The summed E-state index contributed by atoms with van der Waals surface area (Å²) in [5.74, 6) is 0. The van der Waals surface area contributed by atoms with E-state index in [2.05, 4.69) is 10.8 Å². The molecule has 0 saturated carbocycles. The van der Waals surface area contributed by atoms with Crippen LogP contribution in [0.1, 0.15) is 17.5 Å². The van der Waals surface area contributed by atoms with Gasteiger partial charge in [0.15, 0.2) is 0 Å². The second kappa shape index (κ2) is 3.94. The van der Waals surface area contributed by atoms with Gasteiger partial charge in [0.1, 0.15) is 0 Å². The summed E-state index contributed by atoms with van der Waals surface area (Å²) in [4.78, 5) is 0. The van der Waals surface area contributed by atoms with E-state index in [1.165, 1.54) is 18.2 Å². The fraction of sp³-hybridized carbons (Fsp3) is 0.455. The number of aryl methyl sites for hydroxylation is 1. The molecular weight excluding hydrogens is 210 g/mol. The quantitative estimate of drug-likeness (QED) is 0.819. The van der Waals surface area contributed by atoms with E-state index in [0.717, 1.165) is 12.8 Å². The third-order valence-electron chi connectivity index (χ3n) is 3.02. The maximum atomic E-state index is 11.7. The Hall–Kier alpha value is -0.870. The predicted octanol–water partition coefficient (Wildman–Crippen LogP) is 1.09. The topological polar surface area (TPSA) is 46.2 Å². The molecule has 1 aliphatic carbocycles. The summed E-state index contributed by atoms with van der Waals surface area (Å²) in [6.45, 7) is 0. The molecule has 4 heteroatoms. The molecule has 0 aliphatic heterocycles. The van der Waals surface area contributed by atoms with Crippen LogP contribution in [0, 0.1) is 0 Å². The van der Waals surface area contributed by atoms with E-state index in [-0.39, 0.29) is 5.25 Å². The number of nitrogens with one attached hydrogen (secondary N) is 1. The first-order valence-corrected chi connectivity index (χ1v) is 6.67. The highest BCUT2D eigenvalue weighted by Gasteiger charge is 2.28. The van der Waals surface area contributed by atoms with Gasteiger partial charge in [-0.3, -0.25) is 0 Å². The highest BCUT2D eigenvalue weighted by molar-refractivity contribution is 7.90. The van der Waals surface area contributed by atoms with Crippen molar-refractivity contribution < 1.29 is 8.42 Å². The number of sulfonamides is 1. The van der Waals surface area contributed by atoms with Gasteiger partial charge in [0, 0.05) is 0 Å². The van der Waals surface area contributed by atoms with Gasteiger partial charge in [0.2, 0.25) is 10.0 Å². The van der Waals surface area contributed by atoms with Crippen LogP contribution in [0.3, 0.4) is 0 Å². The Morgan fingerprint density at radius 2 is 1.93 bits per heavy atom. The summed E-state index contributed by atoms with van der Waals surface area (Å²) in [6.07, 6.45) is 2.22. The molecule has 1 atom stereocenters. The largest absolute Gasteiger partial charge is 0.218 e. The van der Waals surface area contributed by atoms with Crippen molar-refractivity contribution in [2.24, 2.45) is 0 Å². The zero-order valence-corrected chi connectivity index (χ0v) is 9.55. The van der Waals surface area contributed by atoms with Crippen molar-refractivity contribution >= 4 is 10.0 Å². The van der Waals surface area contributed by atoms with E-state index < -0.39 is 10.0 Å². The zero-order chi connectivity index (χ0) is 10.9. The second-order valence-corrected chi connectivity index (χ2v) is 6.05. The molecule has 0 fully saturated rings. The van der Waals surface area contributed by atoms with Crippen LogP contribution in [0.5, 0.6) is 0 Å². The Bertz CT molecular complexity index is 453. The fourth-order valence-corrected chi connectivity index (χ4v) is 3.26. The highest BCUT2D eigenvalue weighted by Crippen LogP contribution is 2.24. The molecule has 0 saturated heterocycles. The summed E-state index contributed by atoms with van der Waals surface area (Å²) in [5, 5.41) is -0.266. The average Bonchev–Trinajstić information content (AvgIpc) is 2.28. The number of benzene rings is 1. The third kappa shape index (κ3) is 2.06. The lowest BCUT2D eigenvalue weighted by atomic mass is 9.92. The molecule has 1 aliphatic rings. The van der Waals surface area contributed by atoms with Crippen LogP contribution in [-0.4, -0.2) is 20.7 Å². The molecule has 15 heavy (non-hydrogen) atoms. The Balaban J connectivity index is 2.27. The second-order valence-electron chi connectivity index (χ2n) is 3.88. The Morgan fingerprint density at radius 3 is 2.60 bits per heavy atom. The van der Waals surface area contributed by atoms with E-state index in [9.17, 15) is 8.42 Å². The molecule has 0 heterocycles. The van der Waals surface area contributed by atoms with E-state index in [1.54, 1.807) is 0 Å². The lowest BCUT2D eigenvalue weighted by Crippen LogP contribution is -2.35. The summed E-state index contributed by atoms with van der Waals surface area (Å²) in [5.41, 5.74) is 2.47. The van der Waals surface area contributed by atoms with Gasteiger partial charge < -0.3 is 0 Å². The molecule has 1 aromatic rings. The Morgan fingerprint density at radius 1 is 1.27 bits per heavy atom. The van der Waals surface area contributed by atoms with Gasteiger partial charge in [0.25, 0.3) is 0 Å². The van der Waals surface area contributed by atoms with E-state index in [1.807, 2.05) is 18.2 Å². The minimum Gasteiger partial charge on any atom is -0.218 e. The van der Waals surface area contributed by atoms with Crippen LogP contribution in [0.15, 0.2) is 24.3 Å². The first kappa shape index (κ1) is 10.6. The van der Waals surface area contributed by atoms with E-state index >= 15 is 0 Å². The minimum atomic E-state index is -3.11. The van der Waals surface area contributed by atoms with Crippen LogP contribution in [0.4, 0.5) is 0 Å². The van der Waals surface area contributed by atoms with Gasteiger partial charge in [-0.25, -0.2) is 13.1 Å². The molecule has 1 unspecified atom stereocenters. The molecule has 0 radical (unpaired) electrons. The van der Waals surface area contributed by atoms with Gasteiger partial charge in [-0.15, -0.1) is 0 Å². The highest BCUT2D eigenvalue weighted by atomic mass is 32.2. The third-order valence-corrected chi connectivity index (χ3v) is 4.87. The fourth-order valence-electron chi connectivity index (χ4n) is 2.10. The first-order valence-electron chi connectivity index (χ1n) is 5.12. The summed E-state index contributed by atoms with van der Waals surface area (Å²) in [7, 11) is -1.63. The Kier molecular flexibility index (Phi) is 2.80. The van der Waals surface area contributed by atoms with Crippen molar-refractivity contribution in [3.63, 3.8) is 0 Å². The van der Waals surface area contributed by atoms with Crippen LogP contribution in [0.2, 0.25) is 0 Å². The van der Waals surface area contributed by atoms with Crippen LogP contribution in [-0.2, 0) is 22.9 Å². The molecule has 0 aromatic heterocycles. The van der Waals surface area contributed by atoms with Crippen molar-refractivity contribution in [1.82, 2.24) is 4.72 Å².